The van der Waals surface area contributed by atoms with Crippen molar-refractivity contribution >= 4 is 11.7 Å². The summed E-state index contributed by atoms with van der Waals surface area (Å²) in [6, 6.07) is 14.4. The third kappa shape index (κ3) is 4.92. The Morgan fingerprint density at radius 2 is 1.64 bits per heavy atom. The molecule has 0 aliphatic carbocycles. The molecule has 0 saturated heterocycles. The Labute approximate surface area is 149 Å². The molecule has 0 aliphatic rings. The highest BCUT2D eigenvalue weighted by atomic mass is 16.5. The van der Waals surface area contributed by atoms with Gasteiger partial charge in [-0.25, -0.2) is 0 Å². The van der Waals surface area contributed by atoms with Gasteiger partial charge in [-0.1, -0.05) is 42.0 Å². The fraction of sp³-hybridized carbons (Fsp3) is 0.333. The molecular weight excluding hydrogens is 314 g/mol. The number of benzene rings is 2. The maximum Gasteiger partial charge on any atom is 0.227 e. The van der Waals surface area contributed by atoms with Crippen LogP contribution in [0.25, 0.3) is 0 Å². The zero-order valence-electron chi connectivity index (χ0n) is 15.3. The van der Waals surface area contributed by atoms with Crippen molar-refractivity contribution in [2.45, 2.75) is 33.2 Å². The van der Waals surface area contributed by atoms with Crippen molar-refractivity contribution in [2.75, 3.05) is 13.7 Å². The summed E-state index contributed by atoms with van der Waals surface area (Å²) in [4.78, 5) is 26.6. The van der Waals surface area contributed by atoms with E-state index in [-0.39, 0.29) is 18.1 Å². The minimum atomic E-state index is -0.502. The van der Waals surface area contributed by atoms with E-state index in [1.807, 2.05) is 50.2 Å². The number of carbonyl (C=O) groups excluding carboxylic acids is 2. The molecule has 2 aromatic rings. The fourth-order valence-electron chi connectivity index (χ4n) is 2.52. The molecule has 1 unspecified atom stereocenters. The molecule has 4 heteroatoms. The largest absolute Gasteiger partial charge is 0.494 e. The predicted octanol–water partition coefficient (Wildman–Crippen LogP) is 3.67. The number of hydrogen-bond donors (Lipinski definition) is 0. The van der Waals surface area contributed by atoms with Gasteiger partial charge < -0.3 is 9.64 Å². The number of carbonyl (C=O) groups is 2. The Kier molecular flexibility index (Phi) is 6.34. The number of amides is 1. The Bertz CT molecular complexity index is 720. The number of Topliss-reactive ketones (excluding diaryl/α,β-unsaturated/α-hetero) is 1. The summed E-state index contributed by atoms with van der Waals surface area (Å²) in [5.74, 6) is 0.648. The molecule has 0 N–H and O–H groups in total. The summed E-state index contributed by atoms with van der Waals surface area (Å²) >= 11 is 0. The van der Waals surface area contributed by atoms with Gasteiger partial charge in [0.25, 0.3) is 0 Å². The highest BCUT2D eigenvalue weighted by Crippen LogP contribution is 2.15. The molecule has 0 aromatic heterocycles. The normalized spacial score (nSPS) is 11.7. The van der Waals surface area contributed by atoms with E-state index in [0.29, 0.717) is 12.2 Å². The van der Waals surface area contributed by atoms with Crippen LogP contribution in [-0.2, 0) is 11.2 Å². The molecule has 2 rings (SSSR count). The van der Waals surface area contributed by atoms with E-state index >= 15 is 0 Å². The van der Waals surface area contributed by atoms with Crippen molar-refractivity contribution < 1.29 is 14.3 Å². The molecule has 0 heterocycles. The summed E-state index contributed by atoms with van der Waals surface area (Å²) < 4.78 is 5.40. The quantitative estimate of drug-likeness (QED) is 0.723. The number of likely N-dealkylation sites (N-methyl/N-ethyl adjacent to an activating group) is 1. The molecule has 0 bridgehead atoms. The molecule has 0 radical (unpaired) electrons. The molecular formula is C21H25NO3. The van der Waals surface area contributed by atoms with Crippen LogP contribution >= 0.6 is 0 Å². The summed E-state index contributed by atoms with van der Waals surface area (Å²) in [6.45, 7) is 6.28. The zero-order valence-corrected chi connectivity index (χ0v) is 15.3. The van der Waals surface area contributed by atoms with Crippen LogP contribution in [0.3, 0.4) is 0 Å². The van der Waals surface area contributed by atoms with Gasteiger partial charge in [0.05, 0.1) is 19.1 Å². The van der Waals surface area contributed by atoms with E-state index in [0.717, 1.165) is 16.9 Å². The van der Waals surface area contributed by atoms with Crippen molar-refractivity contribution in [3.8, 4) is 5.75 Å². The highest BCUT2D eigenvalue weighted by molar-refractivity contribution is 6.01. The van der Waals surface area contributed by atoms with Gasteiger partial charge in [-0.05, 0) is 38.5 Å². The van der Waals surface area contributed by atoms with Crippen LogP contribution < -0.4 is 4.74 Å². The van der Waals surface area contributed by atoms with Gasteiger partial charge in [0.1, 0.15) is 5.75 Å². The number of aryl methyl sites for hydroxylation is 1. The van der Waals surface area contributed by atoms with E-state index in [1.165, 1.54) is 4.90 Å². The lowest BCUT2D eigenvalue weighted by atomic mass is 10.0. The van der Waals surface area contributed by atoms with Crippen LogP contribution in [-0.4, -0.2) is 36.3 Å². The number of ketones is 1. The van der Waals surface area contributed by atoms with Crippen molar-refractivity contribution in [2.24, 2.45) is 0 Å². The van der Waals surface area contributed by atoms with E-state index in [2.05, 4.69) is 0 Å². The number of rotatable bonds is 7. The first-order chi connectivity index (χ1) is 11.9. The average Bonchev–Trinajstić information content (AvgIpc) is 2.62. The standard InChI is InChI=1S/C21H25NO3/c1-5-25-19-12-8-17(9-13-19)14-20(23)22(4)16(3)21(24)18-10-6-15(2)7-11-18/h6-13,16H,5,14H2,1-4H3. The maximum absolute atomic E-state index is 12.6. The smallest absolute Gasteiger partial charge is 0.227 e. The SMILES string of the molecule is CCOc1ccc(CC(=O)N(C)C(C)C(=O)c2ccc(C)cc2)cc1. The monoisotopic (exact) mass is 339 g/mol. The molecule has 2 aromatic carbocycles. The van der Waals surface area contributed by atoms with Crippen LogP contribution in [0.15, 0.2) is 48.5 Å². The van der Waals surface area contributed by atoms with Crippen LogP contribution in [0, 0.1) is 6.92 Å². The average molecular weight is 339 g/mol. The lowest BCUT2D eigenvalue weighted by Gasteiger charge is -2.24. The van der Waals surface area contributed by atoms with Crippen LogP contribution in [0.2, 0.25) is 0 Å². The second kappa shape index (κ2) is 8.47. The summed E-state index contributed by atoms with van der Waals surface area (Å²) in [7, 11) is 1.67. The molecule has 1 amide bonds. The molecule has 0 spiro atoms. The molecule has 1 atom stereocenters. The van der Waals surface area contributed by atoms with Crippen LogP contribution in [0.1, 0.15) is 35.3 Å². The van der Waals surface area contributed by atoms with Gasteiger partial charge in [0.15, 0.2) is 5.78 Å². The molecule has 0 saturated carbocycles. The minimum absolute atomic E-state index is 0.0532. The first-order valence-corrected chi connectivity index (χ1v) is 8.50. The molecule has 0 fully saturated rings. The van der Waals surface area contributed by atoms with Gasteiger partial charge in [-0.15, -0.1) is 0 Å². The summed E-state index contributed by atoms with van der Waals surface area (Å²) in [5, 5.41) is 0. The lowest BCUT2D eigenvalue weighted by Crippen LogP contribution is -2.41. The fourth-order valence-corrected chi connectivity index (χ4v) is 2.52. The third-order valence-electron chi connectivity index (χ3n) is 4.28. The molecule has 25 heavy (non-hydrogen) atoms. The Morgan fingerprint density at radius 1 is 1.04 bits per heavy atom. The summed E-state index contributed by atoms with van der Waals surface area (Å²) in [5.41, 5.74) is 2.62. The first kappa shape index (κ1) is 18.7. The Morgan fingerprint density at radius 3 is 2.20 bits per heavy atom. The number of ether oxygens (including phenoxy) is 1. The van der Waals surface area contributed by atoms with Crippen molar-refractivity contribution in [1.29, 1.82) is 0 Å². The van der Waals surface area contributed by atoms with Crippen molar-refractivity contribution in [3.63, 3.8) is 0 Å². The topological polar surface area (TPSA) is 46.6 Å². The first-order valence-electron chi connectivity index (χ1n) is 8.50. The second-order valence-corrected chi connectivity index (χ2v) is 6.16. The number of hydrogen-bond acceptors (Lipinski definition) is 3. The lowest BCUT2D eigenvalue weighted by molar-refractivity contribution is -0.130. The van der Waals surface area contributed by atoms with E-state index in [1.54, 1.807) is 26.1 Å². The van der Waals surface area contributed by atoms with E-state index in [4.69, 9.17) is 4.74 Å². The molecule has 4 nitrogen and oxygen atoms in total. The summed E-state index contributed by atoms with van der Waals surface area (Å²) in [6.07, 6.45) is 0.258. The van der Waals surface area contributed by atoms with Gasteiger partial charge in [0.2, 0.25) is 5.91 Å². The predicted molar refractivity (Wildman–Crippen MR) is 99.1 cm³/mol. The van der Waals surface area contributed by atoms with Gasteiger partial charge >= 0.3 is 0 Å². The number of nitrogens with zero attached hydrogens (tertiary/aromatic N) is 1. The van der Waals surface area contributed by atoms with Gasteiger partial charge in [-0.2, -0.15) is 0 Å². The van der Waals surface area contributed by atoms with Crippen molar-refractivity contribution in [1.82, 2.24) is 4.90 Å². The van der Waals surface area contributed by atoms with Crippen molar-refractivity contribution in [3.05, 3.63) is 65.2 Å². The van der Waals surface area contributed by atoms with Crippen LogP contribution in [0.5, 0.6) is 5.75 Å². The molecule has 132 valence electrons. The highest BCUT2D eigenvalue weighted by Gasteiger charge is 2.23. The Hall–Kier alpha value is -2.62. The van der Waals surface area contributed by atoms with E-state index in [9.17, 15) is 9.59 Å². The molecule has 0 aliphatic heterocycles. The third-order valence-corrected chi connectivity index (χ3v) is 4.28. The zero-order chi connectivity index (χ0) is 18.4. The van der Waals surface area contributed by atoms with E-state index < -0.39 is 6.04 Å². The second-order valence-electron chi connectivity index (χ2n) is 6.16. The minimum Gasteiger partial charge on any atom is -0.494 e. The maximum atomic E-state index is 12.6. The van der Waals surface area contributed by atoms with Gasteiger partial charge in [0, 0.05) is 12.6 Å². The Balaban J connectivity index is 2.00. The van der Waals surface area contributed by atoms with Gasteiger partial charge in [-0.3, -0.25) is 9.59 Å². The van der Waals surface area contributed by atoms with Crippen LogP contribution in [0.4, 0.5) is 0 Å².